The van der Waals surface area contributed by atoms with Gasteiger partial charge in [0, 0.05) is 0 Å². The first-order chi connectivity index (χ1) is 8.02. The number of benzene rings is 1. The van der Waals surface area contributed by atoms with Gasteiger partial charge in [-0.25, -0.2) is 0 Å². The second kappa shape index (κ2) is 6.90. The van der Waals surface area contributed by atoms with Crippen LogP contribution < -0.4 is 56.7 Å². The first-order valence-corrected chi connectivity index (χ1v) is 5.99. The van der Waals surface area contributed by atoms with Crippen LogP contribution in [0.25, 0.3) is 0 Å². The van der Waals surface area contributed by atoms with E-state index >= 15 is 0 Å². The fourth-order valence-corrected chi connectivity index (χ4v) is 2.75. The Morgan fingerprint density at radius 3 is 2.11 bits per heavy atom. The Bertz CT molecular complexity index is 363. The van der Waals surface area contributed by atoms with Gasteiger partial charge in [-0.1, -0.05) is 36.7 Å². The summed E-state index contributed by atoms with van der Waals surface area (Å²) < 4.78 is 38.4. The molecule has 0 bridgehead atoms. The largest absolute Gasteiger partial charge is 1.00 e. The van der Waals surface area contributed by atoms with Crippen LogP contribution >= 0.6 is 0 Å². The van der Waals surface area contributed by atoms with Crippen molar-refractivity contribution in [2.75, 3.05) is 13.1 Å². The Kier molecular flexibility index (Phi) is 6.42. The van der Waals surface area contributed by atoms with Crippen molar-refractivity contribution in [1.82, 2.24) is 5.32 Å². The minimum atomic E-state index is -4.74. The van der Waals surface area contributed by atoms with Crippen molar-refractivity contribution in [3.05, 3.63) is 35.9 Å². The minimum Gasteiger partial charge on any atom is -0.449 e. The van der Waals surface area contributed by atoms with Crippen LogP contribution in [0.5, 0.6) is 0 Å². The van der Waals surface area contributed by atoms with Crippen LogP contribution in [0.2, 0.25) is 6.32 Å². The molecule has 18 heavy (non-hydrogen) atoms. The predicted molar refractivity (Wildman–Crippen MR) is 64.1 cm³/mol. The van der Waals surface area contributed by atoms with E-state index in [-0.39, 0.29) is 51.4 Å². The van der Waals surface area contributed by atoms with Gasteiger partial charge in [0.25, 0.3) is 0 Å². The van der Waals surface area contributed by atoms with E-state index in [1.54, 1.807) is 0 Å². The van der Waals surface area contributed by atoms with Crippen molar-refractivity contribution in [3.8, 4) is 0 Å². The van der Waals surface area contributed by atoms with Crippen molar-refractivity contribution >= 4 is 6.98 Å². The molecular formula is C12H16BF3KN. The topological polar surface area (TPSA) is 12.0 Å². The molecule has 1 N–H and O–H groups in total. The molecule has 2 rings (SSSR count). The molecule has 0 radical (unpaired) electrons. The zero-order valence-electron chi connectivity index (χ0n) is 10.6. The Balaban J connectivity index is 0.00000162. The molecule has 1 saturated heterocycles. The summed E-state index contributed by atoms with van der Waals surface area (Å²) in [5.41, 5.74) is 0.130. The molecule has 0 aromatic heterocycles. The molecule has 94 valence electrons. The monoisotopic (exact) mass is 281 g/mol. The molecule has 1 heterocycles. The third-order valence-electron chi connectivity index (χ3n) is 3.57. The SMILES string of the molecule is F[B-](F)(F)CC1(c2ccccc2)CCNCC1.[K+]. The van der Waals surface area contributed by atoms with Gasteiger partial charge in [0.05, 0.1) is 0 Å². The molecule has 0 unspecified atom stereocenters. The summed E-state index contributed by atoms with van der Waals surface area (Å²) in [6, 6.07) is 9.14. The van der Waals surface area contributed by atoms with Crippen LogP contribution in [0.15, 0.2) is 30.3 Å². The molecule has 1 fully saturated rings. The van der Waals surface area contributed by atoms with E-state index < -0.39 is 18.7 Å². The number of nitrogens with one attached hydrogen (secondary N) is 1. The van der Waals surface area contributed by atoms with E-state index in [1.165, 1.54) is 0 Å². The Morgan fingerprint density at radius 2 is 1.61 bits per heavy atom. The summed E-state index contributed by atoms with van der Waals surface area (Å²) in [7, 11) is 0. The first kappa shape index (κ1) is 16.7. The molecule has 1 aliphatic rings. The van der Waals surface area contributed by atoms with Crippen molar-refractivity contribution < 1.29 is 64.3 Å². The van der Waals surface area contributed by atoms with Crippen molar-refractivity contribution in [2.24, 2.45) is 0 Å². The van der Waals surface area contributed by atoms with E-state index in [0.29, 0.717) is 25.9 Å². The molecule has 0 aliphatic carbocycles. The van der Waals surface area contributed by atoms with Crippen molar-refractivity contribution in [3.63, 3.8) is 0 Å². The first-order valence-electron chi connectivity index (χ1n) is 5.99. The van der Waals surface area contributed by atoms with Crippen molar-refractivity contribution in [1.29, 1.82) is 0 Å². The summed E-state index contributed by atoms with van der Waals surface area (Å²) in [5, 5.41) is 3.13. The van der Waals surface area contributed by atoms with Gasteiger partial charge >= 0.3 is 58.4 Å². The van der Waals surface area contributed by atoms with Crippen LogP contribution in [-0.2, 0) is 5.41 Å². The van der Waals surface area contributed by atoms with Crippen LogP contribution in [0.1, 0.15) is 18.4 Å². The van der Waals surface area contributed by atoms with Crippen molar-refractivity contribution in [2.45, 2.75) is 24.6 Å². The molecule has 6 heteroatoms. The van der Waals surface area contributed by atoms with E-state index in [0.717, 1.165) is 5.56 Å². The maximum absolute atomic E-state index is 12.8. The molecule has 1 aromatic carbocycles. The minimum absolute atomic E-state index is 0. The summed E-state index contributed by atoms with van der Waals surface area (Å²) >= 11 is 0. The predicted octanol–water partition coefficient (Wildman–Crippen LogP) is 0.159. The van der Waals surface area contributed by atoms with Gasteiger partial charge in [0.15, 0.2) is 0 Å². The molecule has 0 spiro atoms. The number of hydrogen-bond donors (Lipinski definition) is 1. The van der Waals surface area contributed by atoms with Gasteiger partial charge in [0.1, 0.15) is 0 Å². The van der Waals surface area contributed by atoms with Gasteiger partial charge in [-0.05, 0) is 36.9 Å². The zero-order valence-corrected chi connectivity index (χ0v) is 13.8. The summed E-state index contributed by atoms with van der Waals surface area (Å²) in [6.45, 7) is -3.41. The van der Waals surface area contributed by atoms with Crippen LogP contribution in [0, 0.1) is 0 Å². The fourth-order valence-electron chi connectivity index (χ4n) is 2.75. The summed E-state index contributed by atoms with van der Waals surface area (Å²) in [6.07, 6.45) is 0.481. The number of rotatable bonds is 3. The number of halogens is 3. The molecule has 0 amide bonds. The normalized spacial score (nSPS) is 19.1. The van der Waals surface area contributed by atoms with Gasteiger partial charge in [-0.3, -0.25) is 0 Å². The van der Waals surface area contributed by atoms with Crippen LogP contribution in [0.3, 0.4) is 0 Å². The zero-order chi connectivity index (χ0) is 12.4. The fraction of sp³-hybridized carbons (Fsp3) is 0.500. The van der Waals surface area contributed by atoms with E-state index in [4.69, 9.17) is 0 Å². The number of hydrogen-bond acceptors (Lipinski definition) is 1. The van der Waals surface area contributed by atoms with Gasteiger partial charge < -0.3 is 18.3 Å². The van der Waals surface area contributed by atoms with Crippen LogP contribution in [-0.4, -0.2) is 20.1 Å². The van der Waals surface area contributed by atoms with E-state index in [1.807, 2.05) is 30.3 Å². The third-order valence-corrected chi connectivity index (χ3v) is 3.57. The Hall–Kier alpha value is 0.671. The summed E-state index contributed by atoms with van der Waals surface area (Å²) in [5.74, 6) is 0. The second-order valence-corrected chi connectivity index (χ2v) is 4.81. The Morgan fingerprint density at radius 1 is 1.06 bits per heavy atom. The van der Waals surface area contributed by atoms with Gasteiger partial charge in [-0.15, -0.1) is 0 Å². The molecule has 0 saturated carbocycles. The second-order valence-electron chi connectivity index (χ2n) is 4.81. The maximum atomic E-state index is 12.8. The average molecular weight is 281 g/mol. The number of piperidine rings is 1. The summed E-state index contributed by atoms with van der Waals surface area (Å²) in [4.78, 5) is 0. The quantitative estimate of drug-likeness (QED) is 0.778. The van der Waals surface area contributed by atoms with E-state index in [2.05, 4.69) is 5.32 Å². The van der Waals surface area contributed by atoms with E-state index in [9.17, 15) is 12.9 Å². The standard InChI is InChI=1S/C12H16BF3N.K/c14-13(15,16)10-12(6-8-17-9-7-12)11-4-2-1-3-5-11;/h1-5,17H,6-10H2;/q-1;+1. The average Bonchev–Trinajstić information content (AvgIpc) is 2.29. The van der Waals surface area contributed by atoms with Gasteiger partial charge in [-0.2, -0.15) is 0 Å². The Labute approximate surface area is 148 Å². The molecule has 1 aromatic rings. The molecular weight excluding hydrogens is 265 g/mol. The smallest absolute Gasteiger partial charge is 0.449 e. The molecule has 1 nitrogen and oxygen atoms in total. The van der Waals surface area contributed by atoms with Gasteiger partial charge in [0.2, 0.25) is 0 Å². The third kappa shape index (κ3) is 4.35. The molecule has 1 aliphatic heterocycles. The van der Waals surface area contributed by atoms with Crippen LogP contribution in [0.4, 0.5) is 12.9 Å². The maximum Gasteiger partial charge on any atom is 1.00 e. The molecule has 0 atom stereocenters.